The molecule has 0 saturated carbocycles. The van der Waals surface area contributed by atoms with E-state index in [2.05, 4.69) is 20.7 Å². The van der Waals surface area contributed by atoms with Crippen molar-refractivity contribution in [2.75, 3.05) is 10.5 Å². The minimum Gasteiger partial charge on any atom is -0.398 e. The van der Waals surface area contributed by atoms with Gasteiger partial charge in [-0.25, -0.2) is 8.42 Å². The van der Waals surface area contributed by atoms with Crippen molar-refractivity contribution in [1.82, 2.24) is 0 Å². The Morgan fingerprint density at radius 3 is 2.57 bits per heavy atom. The van der Waals surface area contributed by atoms with Gasteiger partial charge in [0.25, 0.3) is 10.0 Å². The fourth-order valence-corrected chi connectivity index (χ4v) is 4.05. The molecule has 0 aliphatic heterocycles. The van der Waals surface area contributed by atoms with Gasteiger partial charge in [-0.2, -0.15) is 0 Å². The highest BCUT2D eigenvalue weighted by molar-refractivity contribution is 9.10. The number of nitrogen functional groups attached to an aromatic ring is 1. The van der Waals surface area contributed by atoms with E-state index in [9.17, 15) is 8.42 Å². The third kappa shape index (κ3) is 3.33. The lowest BCUT2D eigenvalue weighted by atomic mass is 10.2. The molecule has 0 unspecified atom stereocenters. The normalized spacial score (nSPS) is 11.4. The first-order valence-electron chi connectivity index (χ1n) is 6.06. The molecule has 112 valence electrons. The lowest BCUT2D eigenvalue weighted by Gasteiger charge is -2.13. The van der Waals surface area contributed by atoms with E-state index in [1.807, 2.05) is 6.92 Å². The Labute approximate surface area is 137 Å². The highest BCUT2D eigenvalue weighted by Crippen LogP contribution is 2.31. The number of sulfonamides is 1. The second-order valence-electron chi connectivity index (χ2n) is 4.66. The number of anilines is 2. The van der Waals surface area contributed by atoms with Gasteiger partial charge in [-0.1, -0.05) is 17.7 Å². The van der Waals surface area contributed by atoms with Gasteiger partial charge in [0.15, 0.2) is 0 Å². The largest absolute Gasteiger partial charge is 0.398 e. The first-order valence-corrected chi connectivity index (χ1v) is 8.71. The van der Waals surface area contributed by atoms with Crippen molar-refractivity contribution < 1.29 is 8.42 Å². The molecule has 0 heterocycles. The number of aryl methyl sites for hydroxylation is 1. The number of halogens is 2. The minimum absolute atomic E-state index is 0.145. The summed E-state index contributed by atoms with van der Waals surface area (Å²) in [5.41, 5.74) is 7.94. The summed E-state index contributed by atoms with van der Waals surface area (Å²) in [5.74, 6) is 0. The van der Waals surface area contributed by atoms with Crippen molar-refractivity contribution in [2.24, 2.45) is 0 Å². The zero-order chi connectivity index (χ0) is 15.8. The molecule has 0 aliphatic carbocycles. The van der Waals surface area contributed by atoms with Crippen molar-refractivity contribution in [2.45, 2.75) is 18.7 Å². The molecular formula is C14H14BrClN2O2S. The monoisotopic (exact) mass is 388 g/mol. The summed E-state index contributed by atoms with van der Waals surface area (Å²) in [6.45, 7) is 3.51. The SMILES string of the molecule is Cc1cc(Br)c(NS(=O)(=O)c2cccc(N)c2C)cc1Cl. The molecule has 21 heavy (non-hydrogen) atoms. The van der Waals surface area contributed by atoms with Gasteiger partial charge >= 0.3 is 0 Å². The summed E-state index contributed by atoms with van der Waals surface area (Å²) in [5, 5.41) is 0.486. The summed E-state index contributed by atoms with van der Waals surface area (Å²) in [7, 11) is -3.74. The third-order valence-corrected chi connectivity index (χ3v) is 5.68. The average Bonchev–Trinajstić information content (AvgIpc) is 2.38. The molecule has 0 amide bonds. The molecule has 0 atom stereocenters. The van der Waals surface area contributed by atoms with Gasteiger partial charge in [0.1, 0.15) is 0 Å². The molecular weight excluding hydrogens is 376 g/mol. The van der Waals surface area contributed by atoms with Crippen molar-refractivity contribution >= 4 is 48.9 Å². The van der Waals surface area contributed by atoms with E-state index < -0.39 is 10.0 Å². The summed E-state index contributed by atoms with van der Waals surface area (Å²) in [6, 6.07) is 8.10. The number of nitrogens with two attached hydrogens (primary N) is 1. The molecule has 2 aromatic rings. The first-order chi connectivity index (χ1) is 9.72. The summed E-state index contributed by atoms with van der Waals surface area (Å²) in [6.07, 6.45) is 0. The maximum atomic E-state index is 12.5. The molecule has 4 nitrogen and oxygen atoms in total. The molecule has 0 spiro atoms. The van der Waals surface area contributed by atoms with Gasteiger partial charge < -0.3 is 5.73 Å². The fraction of sp³-hybridized carbons (Fsp3) is 0.143. The topological polar surface area (TPSA) is 72.2 Å². The van der Waals surface area contributed by atoms with E-state index in [1.54, 1.807) is 31.2 Å². The van der Waals surface area contributed by atoms with E-state index in [-0.39, 0.29) is 4.90 Å². The smallest absolute Gasteiger partial charge is 0.262 e. The molecule has 0 radical (unpaired) electrons. The number of benzene rings is 2. The van der Waals surface area contributed by atoms with E-state index in [0.29, 0.717) is 26.4 Å². The molecule has 0 saturated heterocycles. The van der Waals surface area contributed by atoms with Crippen LogP contribution in [-0.4, -0.2) is 8.42 Å². The van der Waals surface area contributed by atoms with Gasteiger partial charge in [0.2, 0.25) is 0 Å². The lowest BCUT2D eigenvalue weighted by molar-refractivity contribution is 0.600. The number of hydrogen-bond donors (Lipinski definition) is 2. The van der Waals surface area contributed by atoms with Gasteiger partial charge in [-0.05, 0) is 65.2 Å². The van der Waals surface area contributed by atoms with E-state index in [4.69, 9.17) is 17.3 Å². The van der Waals surface area contributed by atoms with Crippen LogP contribution in [0.1, 0.15) is 11.1 Å². The van der Waals surface area contributed by atoms with Gasteiger partial charge in [0.05, 0.1) is 10.6 Å². The number of hydrogen-bond acceptors (Lipinski definition) is 3. The highest BCUT2D eigenvalue weighted by atomic mass is 79.9. The molecule has 0 aromatic heterocycles. The van der Waals surface area contributed by atoms with E-state index >= 15 is 0 Å². The molecule has 2 aromatic carbocycles. The Hall–Kier alpha value is -1.24. The molecule has 0 bridgehead atoms. The van der Waals surface area contributed by atoms with E-state index in [0.717, 1.165) is 5.56 Å². The maximum absolute atomic E-state index is 12.5. The predicted octanol–water partition coefficient (Wildman–Crippen LogP) is 4.10. The predicted molar refractivity (Wildman–Crippen MR) is 90.3 cm³/mol. The minimum atomic E-state index is -3.74. The van der Waals surface area contributed by atoms with Crippen LogP contribution in [0.4, 0.5) is 11.4 Å². The molecule has 2 rings (SSSR count). The lowest BCUT2D eigenvalue weighted by Crippen LogP contribution is -2.15. The van der Waals surface area contributed by atoms with Crippen molar-refractivity contribution in [3.63, 3.8) is 0 Å². The Kier molecular flexibility index (Phi) is 4.51. The van der Waals surface area contributed by atoms with Crippen LogP contribution < -0.4 is 10.5 Å². The zero-order valence-corrected chi connectivity index (χ0v) is 14.6. The van der Waals surface area contributed by atoms with Crippen LogP contribution in [0.2, 0.25) is 5.02 Å². The molecule has 3 N–H and O–H groups in total. The van der Waals surface area contributed by atoms with E-state index in [1.165, 1.54) is 6.07 Å². The van der Waals surface area contributed by atoms with Crippen LogP contribution in [0.15, 0.2) is 39.7 Å². The Morgan fingerprint density at radius 2 is 1.90 bits per heavy atom. The van der Waals surface area contributed by atoms with Crippen LogP contribution in [0, 0.1) is 13.8 Å². The van der Waals surface area contributed by atoms with Crippen molar-refractivity contribution in [3.05, 3.63) is 51.0 Å². The quantitative estimate of drug-likeness (QED) is 0.776. The van der Waals surface area contributed by atoms with Crippen LogP contribution in [0.3, 0.4) is 0 Å². The van der Waals surface area contributed by atoms with Crippen LogP contribution in [-0.2, 0) is 10.0 Å². The molecule has 0 fully saturated rings. The fourth-order valence-electron chi connectivity index (χ4n) is 1.85. The van der Waals surface area contributed by atoms with Gasteiger partial charge in [-0.15, -0.1) is 0 Å². The average molecular weight is 390 g/mol. The van der Waals surface area contributed by atoms with Gasteiger partial charge in [0, 0.05) is 15.2 Å². The number of rotatable bonds is 3. The zero-order valence-electron chi connectivity index (χ0n) is 11.4. The second-order valence-corrected chi connectivity index (χ2v) is 7.57. The van der Waals surface area contributed by atoms with Crippen molar-refractivity contribution in [3.8, 4) is 0 Å². The maximum Gasteiger partial charge on any atom is 0.262 e. The molecule has 0 aliphatic rings. The van der Waals surface area contributed by atoms with Gasteiger partial charge in [-0.3, -0.25) is 4.72 Å². The third-order valence-electron chi connectivity index (χ3n) is 3.11. The summed E-state index contributed by atoms with van der Waals surface area (Å²) in [4.78, 5) is 0.145. The summed E-state index contributed by atoms with van der Waals surface area (Å²) >= 11 is 9.37. The highest BCUT2D eigenvalue weighted by Gasteiger charge is 2.19. The molecule has 7 heteroatoms. The van der Waals surface area contributed by atoms with Crippen LogP contribution in [0.25, 0.3) is 0 Å². The number of nitrogens with one attached hydrogen (secondary N) is 1. The van der Waals surface area contributed by atoms with Crippen molar-refractivity contribution in [1.29, 1.82) is 0 Å². The van der Waals surface area contributed by atoms with Crippen LogP contribution >= 0.6 is 27.5 Å². The Morgan fingerprint density at radius 1 is 1.24 bits per heavy atom. The first kappa shape index (κ1) is 16.1. The summed E-state index contributed by atoms with van der Waals surface area (Å²) < 4.78 is 28.1. The van der Waals surface area contributed by atoms with Crippen LogP contribution in [0.5, 0.6) is 0 Å². The second kappa shape index (κ2) is 5.87. The standard InChI is InChI=1S/C14H14BrClN2O2S/c1-8-6-10(15)13(7-11(8)16)18-21(19,20)14-5-3-4-12(17)9(14)2/h3-7,18H,17H2,1-2H3. The Bertz CT molecular complexity index is 807. The Balaban J connectivity index is 2.47.